The Morgan fingerprint density at radius 2 is 1.86 bits per heavy atom. The minimum atomic E-state index is -0.880. The summed E-state index contributed by atoms with van der Waals surface area (Å²) in [6, 6.07) is 9.93. The zero-order valence-electron chi connectivity index (χ0n) is 15.5. The Labute approximate surface area is 171 Å². The van der Waals surface area contributed by atoms with Gasteiger partial charge in [0.2, 0.25) is 0 Å². The fourth-order valence-electron chi connectivity index (χ4n) is 3.65. The molecule has 7 heteroatoms. The van der Waals surface area contributed by atoms with Crippen molar-refractivity contribution in [1.82, 2.24) is 4.31 Å². The highest BCUT2D eigenvalue weighted by molar-refractivity contribution is 7.97. The lowest BCUT2D eigenvalue weighted by Crippen LogP contribution is -2.43. The second-order valence-electron chi connectivity index (χ2n) is 7.22. The van der Waals surface area contributed by atoms with Gasteiger partial charge in [-0.2, -0.15) is 0 Å². The quantitative estimate of drug-likeness (QED) is 0.528. The first-order valence-electron chi connectivity index (χ1n) is 9.25. The maximum Gasteiger partial charge on any atom is 0.159 e. The first-order chi connectivity index (χ1) is 14.0. The summed E-state index contributed by atoms with van der Waals surface area (Å²) in [5, 5.41) is 3.25. The van der Waals surface area contributed by atoms with Gasteiger partial charge in [-0.15, -0.1) is 0 Å². The van der Waals surface area contributed by atoms with Crippen molar-refractivity contribution in [2.75, 3.05) is 18.4 Å². The van der Waals surface area contributed by atoms with Crippen LogP contribution in [0.5, 0.6) is 0 Å². The van der Waals surface area contributed by atoms with Gasteiger partial charge in [0.15, 0.2) is 11.6 Å². The molecule has 2 aromatic rings. The average Bonchev–Trinajstić information content (AvgIpc) is 2.72. The van der Waals surface area contributed by atoms with Gasteiger partial charge in [-0.1, -0.05) is 11.6 Å². The molecule has 150 valence electrons. The number of benzene rings is 2. The molecular weight excluding hydrogens is 397 g/mol. The van der Waals surface area contributed by atoms with Crippen LogP contribution in [-0.2, 0) is 4.79 Å². The summed E-state index contributed by atoms with van der Waals surface area (Å²) >= 11 is 1.33. The molecule has 0 aromatic heterocycles. The van der Waals surface area contributed by atoms with E-state index in [0.717, 1.165) is 29.3 Å². The lowest BCUT2D eigenvalue weighted by Gasteiger charge is -2.42. The molecule has 2 aliphatic rings. The van der Waals surface area contributed by atoms with Crippen LogP contribution >= 0.6 is 11.9 Å². The van der Waals surface area contributed by atoms with E-state index in [4.69, 9.17) is 0 Å². The van der Waals surface area contributed by atoms with Gasteiger partial charge in [0.05, 0.1) is 5.41 Å². The van der Waals surface area contributed by atoms with Crippen molar-refractivity contribution in [3.63, 3.8) is 0 Å². The monoisotopic (exact) mass is 416 g/mol. The van der Waals surface area contributed by atoms with E-state index >= 15 is 0 Å². The lowest BCUT2D eigenvalue weighted by atomic mass is 9.72. The number of allylic oxidation sites excluding steroid dienone is 2. The maximum atomic E-state index is 13.5. The third kappa shape index (κ3) is 4.26. The highest BCUT2D eigenvalue weighted by Gasteiger charge is 2.40. The number of rotatable bonds is 5. The highest BCUT2D eigenvalue weighted by atomic mass is 32.2. The molecule has 3 nitrogen and oxygen atoms in total. The molecule has 1 unspecified atom stereocenters. The van der Waals surface area contributed by atoms with Gasteiger partial charge in [-0.05, 0) is 73.3 Å². The van der Waals surface area contributed by atoms with Crippen molar-refractivity contribution in [3.05, 3.63) is 83.3 Å². The Morgan fingerprint density at radius 3 is 2.59 bits per heavy atom. The van der Waals surface area contributed by atoms with Gasteiger partial charge < -0.3 is 10.1 Å². The molecule has 0 amide bonds. The van der Waals surface area contributed by atoms with Gasteiger partial charge in [-0.3, -0.25) is 0 Å². The SMILES string of the molecule is O=CC12CC=C(Nc3ccc(F)cc3)C=C1CCN(Sc1ccc(F)c(F)c1)C2. The molecule has 2 aromatic carbocycles. The van der Waals surface area contributed by atoms with Gasteiger partial charge >= 0.3 is 0 Å². The molecule has 1 saturated heterocycles. The third-order valence-electron chi connectivity index (χ3n) is 5.23. The second-order valence-corrected chi connectivity index (χ2v) is 8.39. The fourth-order valence-corrected chi connectivity index (χ4v) is 4.71. The third-order valence-corrected chi connectivity index (χ3v) is 6.26. The summed E-state index contributed by atoms with van der Waals surface area (Å²) in [5.41, 5.74) is 2.07. The standard InChI is InChI=1S/C22H19F3N2OS/c23-16-1-3-17(4-2-16)26-18-7-9-22(14-28)13-27(10-8-15(22)11-18)29-19-5-6-20(24)21(25)12-19/h1-7,11-12,14,26H,8-10,13H2. The number of hydrogen-bond acceptors (Lipinski definition) is 4. The number of hydrogen-bond donors (Lipinski definition) is 1. The van der Waals surface area contributed by atoms with Crippen molar-refractivity contribution >= 4 is 23.9 Å². The topological polar surface area (TPSA) is 32.3 Å². The number of nitrogens with one attached hydrogen (secondary N) is 1. The van der Waals surface area contributed by atoms with E-state index in [0.29, 0.717) is 30.8 Å². The highest BCUT2D eigenvalue weighted by Crippen LogP contribution is 2.43. The number of aldehydes is 1. The van der Waals surface area contributed by atoms with Crippen molar-refractivity contribution in [2.45, 2.75) is 17.7 Å². The largest absolute Gasteiger partial charge is 0.356 e. The van der Waals surface area contributed by atoms with Crippen LogP contribution in [0.2, 0.25) is 0 Å². The van der Waals surface area contributed by atoms with Gasteiger partial charge in [0.25, 0.3) is 0 Å². The second kappa shape index (κ2) is 8.08. The molecule has 29 heavy (non-hydrogen) atoms. The zero-order valence-corrected chi connectivity index (χ0v) is 16.3. The van der Waals surface area contributed by atoms with E-state index in [1.165, 1.54) is 36.2 Å². The van der Waals surface area contributed by atoms with Crippen LogP contribution in [-0.4, -0.2) is 23.7 Å². The number of halogens is 3. The number of piperidine rings is 1. The number of fused-ring (bicyclic) bond motifs is 1. The van der Waals surface area contributed by atoms with Crippen LogP contribution in [0.1, 0.15) is 12.8 Å². The first kappa shape index (κ1) is 19.8. The van der Waals surface area contributed by atoms with E-state index in [-0.39, 0.29) is 5.82 Å². The molecule has 0 radical (unpaired) electrons. The summed E-state index contributed by atoms with van der Waals surface area (Å²) in [4.78, 5) is 12.6. The normalized spacial score (nSPS) is 21.8. The molecule has 1 heterocycles. The van der Waals surface area contributed by atoms with Crippen LogP contribution in [0.4, 0.5) is 18.9 Å². The smallest absolute Gasteiger partial charge is 0.159 e. The predicted octanol–water partition coefficient (Wildman–Crippen LogP) is 5.33. The number of carbonyl (C=O) groups excluding carboxylic acids is 1. The Bertz CT molecular complexity index is 990. The molecule has 1 aliphatic heterocycles. The minimum Gasteiger partial charge on any atom is -0.356 e. The molecule has 1 aliphatic carbocycles. The Hall–Kier alpha value is -2.51. The summed E-state index contributed by atoms with van der Waals surface area (Å²) in [5.74, 6) is -2.05. The van der Waals surface area contributed by atoms with Crippen LogP contribution < -0.4 is 5.32 Å². The van der Waals surface area contributed by atoms with Crippen LogP contribution in [0.3, 0.4) is 0 Å². The molecule has 0 saturated carbocycles. The Morgan fingerprint density at radius 1 is 1.07 bits per heavy atom. The van der Waals surface area contributed by atoms with E-state index in [1.807, 2.05) is 16.5 Å². The molecule has 1 N–H and O–H groups in total. The summed E-state index contributed by atoms with van der Waals surface area (Å²) in [7, 11) is 0. The van der Waals surface area contributed by atoms with Gasteiger partial charge in [0, 0.05) is 29.4 Å². The first-order valence-corrected chi connectivity index (χ1v) is 10.0. The van der Waals surface area contributed by atoms with E-state index < -0.39 is 17.0 Å². The zero-order chi connectivity index (χ0) is 20.4. The van der Waals surface area contributed by atoms with E-state index in [2.05, 4.69) is 5.32 Å². The Balaban J connectivity index is 1.47. The molecule has 0 bridgehead atoms. The summed E-state index contributed by atoms with van der Waals surface area (Å²) in [6.07, 6.45) is 6.17. The van der Waals surface area contributed by atoms with Crippen molar-refractivity contribution in [1.29, 1.82) is 0 Å². The van der Waals surface area contributed by atoms with Crippen LogP contribution in [0.15, 0.2) is 70.8 Å². The number of anilines is 1. The molecule has 1 fully saturated rings. The van der Waals surface area contributed by atoms with E-state index in [1.54, 1.807) is 12.1 Å². The lowest BCUT2D eigenvalue weighted by molar-refractivity contribution is -0.115. The molecule has 4 rings (SSSR count). The molecule has 0 spiro atoms. The number of carbonyl (C=O) groups is 1. The molecule has 1 atom stereocenters. The van der Waals surface area contributed by atoms with Crippen molar-refractivity contribution < 1.29 is 18.0 Å². The average molecular weight is 416 g/mol. The number of nitrogens with zero attached hydrogens (tertiary/aromatic N) is 1. The predicted molar refractivity (Wildman–Crippen MR) is 108 cm³/mol. The van der Waals surface area contributed by atoms with Gasteiger partial charge in [0.1, 0.15) is 12.1 Å². The van der Waals surface area contributed by atoms with Crippen molar-refractivity contribution in [2.24, 2.45) is 5.41 Å². The van der Waals surface area contributed by atoms with Crippen molar-refractivity contribution in [3.8, 4) is 0 Å². The van der Waals surface area contributed by atoms with Crippen LogP contribution in [0.25, 0.3) is 0 Å². The Kier molecular flexibility index (Phi) is 5.52. The molecular formula is C22H19F3N2OS. The van der Waals surface area contributed by atoms with Crippen LogP contribution in [0, 0.1) is 22.9 Å². The summed E-state index contributed by atoms with van der Waals surface area (Å²) < 4.78 is 41.7. The summed E-state index contributed by atoms with van der Waals surface area (Å²) in [6.45, 7) is 1.18. The minimum absolute atomic E-state index is 0.294. The van der Waals surface area contributed by atoms with Gasteiger partial charge in [-0.25, -0.2) is 17.5 Å². The van der Waals surface area contributed by atoms with E-state index in [9.17, 15) is 18.0 Å². The maximum absolute atomic E-state index is 13.5. The fraction of sp³-hybridized carbons (Fsp3) is 0.227.